The molecular formula is C17H33N3O. The topological polar surface area (TPSA) is 48.3 Å². The highest BCUT2D eigenvalue weighted by molar-refractivity contribution is 5.14. The first-order valence-electron chi connectivity index (χ1n) is 8.45. The smallest absolute Gasteiger partial charge is 0.108 e. The Bertz CT molecular complexity index is 335. The van der Waals surface area contributed by atoms with E-state index in [0.717, 1.165) is 45.3 Å². The van der Waals surface area contributed by atoms with Crippen LogP contribution in [0.1, 0.15) is 59.8 Å². The van der Waals surface area contributed by atoms with Crippen molar-refractivity contribution in [3.05, 3.63) is 0 Å². The van der Waals surface area contributed by atoms with Gasteiger partial charge in [0.2, 0.25) is 0 Å². The minimum Gasteiger partial charge on any atom is -0.383 e. The highest BCUT2D eigenvalue weighted by Crippen LogP contribution is 2.34. The number of methoxy groups -OCH3 is 1. The molecule has 21 heavy (non-hydrogen) atoms. The normalized spacial score (nSPS) is 26.0. The monoisotopic (exact) mass is 295 g/mol. The van der Waals surface area contributed by atoms with Crippen molar-refractivity contribution in [1.82, 2.24) is 10.2 Å². The first-order valence-corrected chi connectivity index (χ1v) is 8.45. The third-order valence-corrected chi connectivity index (χ3v) is 4.70. The second-order valence-electron chi connectivity index (χ2n) is 6.59. The maximum atomic E-state index is 9.64. The van der Waals surface area contributed by atoms with Crippen LogP contribution in [0.15, 0.2) is 0 Å². The Balaban J connectivity index is 2.78. The molecular weight excluding hydrogens is 262 g/mol. The van der Waals surface area contributed by atoms with Gasteiger partial charge < -0.3 is 4.74 Å². The van der Waals surface area contributed by atoms with Crippen LogP contribution in [0.3, 0.4) is 0 Å². The van der Waals surface area contributed by atoms with Crippen molar-refractivity contribution in [3.63, 3.8) is 0 Å². The third kappa shape index (κ3) is 4.95. The van der Waals surface area contributed by atoms with Crippen LogP contribution in [0.2, 0.25) is 0 Å². The Kier molecular flexibility index (Phi) is 7.65. The van der Waals surface area contributed by atoms with Gasteiger partial charge in [-0.05, 0) is 46.0 Å². The van der Waals surface area contributed by atoms with E-state index in [0.29, 0.717) is 18.1 Å². The molecule has 122 valence electrons. The number of hydrogen-bond donors (Lipinski definition) is 1. The molecule has 2 unspecified atom stereocenters. The molecule has 0 aliphatic heterocycles. The molecule has 0 saturated heterocycles. The number of nitrogens with one attached hydrogen (secondary N) is 1. The van der Waals surface area contributed by atoms with Crippen LogP contribution in [0, 0.1) is 11.3 Å². The Morgan fingerprint density at radius 3 is 2.52 bits per heavy atom. The molecule has 4 nitrogen and oxygen atoms in total. The van der Waals surface area contributed by atoms with E-state index in [9.17, 15) is 5.26 Å². The Labute approximate surface area is 130 Å². The van der Waals surface area contributed by atoms with Crippen LogP contribution in [-0.4, -0.2) is 48.8 Å². The van der Waals surface area contributed by atoms with Gasteiger partial charge in [0.25, 0.3) is 0 Å². The van der Waals surface area contributed by atoms with Gasteiger partial charge >= 0.3 is 0 Å². The molecule has 0 spiro atoms. The summed E-state index contributed by atoms with van der Waals surface area (Å²) >= 11 is 0. The maximum Gasteiger partial charge on any atom is 0.108 e. The molecule has 0 radical (unpaired) electrons. The van der Waals surface area contributed by atoms with E-state index >= 15 is 0 Å². The molecule has 1 rings (SSSR count). The van der Waals surface area contributed by atoms with Crippen LogP contribution >= 0.6 is 0 Å². The van der Waals surface area contributed by atoms with Gasteiger partial charge in [-0.3, -0.25) is 10.2 Å². The lowest BCUT2D eigenvalue weighted by atomic mass is 9.97. The molecule has 2 atom stereocenters. The molecule has 1 aliphatic rings. The predicted molar refractivity (Wildman–Crippen MR) is 87.2 cm³/mol. The Morgan fingerprint density at radius 1 is 1.38 bits per heavy atom. The van der Waals surface area contributed by atoms with Crippen LogP contribution in [0.25, 0.3) is 0 Å². The van der Waals surface area contributed by atoms with Gasteiger partial charge in [0.15, 0.2) is 0 Å². The van der Waals surface area contributed by atoms with Crippen molar-refractivity contribution >= 4 is 0 Å². The summed E-state index contributed by atoms with van der Waals surface area (Å²) < 4.78 is 5.29. The minimum absolute atomic E-state index is 0.337. The molecule has 0 bridgehead atoms. The average Bonchev–Trinajstić information content (AvgIpc) is 2.87. The number of rotatable bonds is 9. The molecule has 1 saturated carbocycles. The average molecular weight is 295 g/mol. The van der Waals surface area contributed by atoms with Gasteiger partial charge in [-0.15, -0.1) is 0 Å². The molecule has 4 heteroatoms. The summed E-state index contributed by atoms with van der Waals surface area (Å²) in [5.74, 6) is 0. The van der Waals surface area contributed by atoms with E-state index in [-0.39, 0.29) is 5.54 Å². The minimum atomic E-state index is -0.337. The van der Waals surface area contributed by atoms with Gasteiger partial charge in [-0.2, -0.15) is 5.26 Å². The number of nitrogens with zero attached hydrogens (tertiary/aromatic N) is 2. The fraction of sp³-hybridized carbons (Fsp3) is 0.941. The molecule has 0 aromatic heterocycles. The first-order chi connectivity index (χ1) is 10.0. The lowest BCUT2D eigenvalue weighted by Crippen LogP contribution is -2.49. The summed E-state index contributed by atoms with van der Waals surface area (Å²) in [6.07, 6.45) is 5.31. The Hall–Kier alpha value is -0.630. The predicted octanol–water partition coefficient (Wildman–Crippen LogP) is 2.94. The summed E-state index contributed by atoms with van der Waals surface area (Å²) in [4.78, 5) is 2.59. The summed E-state index contributed by atoms with van der Waals surface area (Å²) in [6.45, 7) is 10.5. The SMILES string of the molecule is CCC(CC)N(CCOC)C1CCC(C#N)(NC(C)C)C1. The zero-order valence-electron chi connectivity index (χ0n) is 14.5. The number of ether oxygens (including phenoxy) is 1. The van der Waals surface area contributed by atoms with E-state index in [4.69, 9.17) is 4.74 Å². The Morgan fingerprint density at radius 2 is 2.05 bits per heavy atom. The standard InChI is InChI=1S/C17H33N3O/c1-6-15(7-2)20(10-11-21-5)16-8-9-17(12-16,13-18)19-14(3)4/h14-16,19H,6-12H2,1-5H3. The molecule has 1 aliphatic carbocycles. The van der Waals surface area contributed by atoms with Gasteiger partial charge in [0.1, 0.15) is 5.54 Å². The van der Waals surface area contributed by atoms with E-state index in [1.807, 2.05) is 0 Å². The van der Waals surface area contributed by atoms with Crippen LogP contribution in [0.4, 0.5) is 0 Å². The van der Waals surface area contributed by atoms with Crippen LogP contribution in [0.5, 0.6) is 0 Å². The lowest BCUT2D eigenvalue weighted by Gasteiger charge is -2.36. The summed E-state index contributed by atoms with van der Waals surface area (Å²) in [5.41, 5.74) is -0.337. The second-order valence-corrected chi connectivity index (χ2v) is 6.59. The van der Waals surface area contributed by atoms with E-state index < -0.39 is 0 Å². The second kappa shape index (κ2) is 8.73. The lowest BCUT2D eigenvalue weighted by molar-refractivity contribution is 0.0790. The van der Waals surface area contributed by atoms with E-state index in [2.05, 4.69) is 44.0 Å². The number of hydrogen-bond acceptors (Lipinski definition) is 4. The summed E-state index contributed by atoms with van der Waals surface area (Å²) in [5, 5.41) is 13.1. The zero-order chi connectivity index (χ0) is 15.9. The first kappa shape index (κ1) is 18.4. The van der Waals surface area contributed by atoms with Gasteiger partial charge in [-0.25, -0.2) is 0 Å². The van der Waals surface area contributed by atoms with Crippen LogP contribution < -0.4 is 5.32 Å². The third-order valence-electron chi connectivity index (χ3n) is 4.70. The zero-order valence-corrected chi connectivity index (χ0v) is 14.5. The summed E-state index contributed by atoms with van der Waals surface area (Å²) in [7, 11) is 1.76. The van der Waals surface area contributed by atoms with Crippen molar-refractivity contribution in [2.75, 3.05) is 20.3 Å². The highest BCUT2D eigenvalue weighted by atomic mass is 16.5. The molecule has 1 N–H and O–H groups in total. The van der Waals surface area contributed by atoms with Crippen molar-refractivity contribution < 1.29 is 4.74 Å². The molecule has 0 heterocycles. The van der Waals surface area contributed by atoms with E-state index in [1.54, 1.807) is 7.11 Å². The van der Waals surface area contributed by atoms with Crippen molar-refractivity contribution in [2.24, 2.45) is 0 Å². The van der Waals surface area contributed by atoms with Crippen molar-refractivity contribution in [2.45, 2.75) is 83.5 Å². The van der Waals surface area contributed by atoms with Crippen molar-refractivity contribution in [1.29, 1.82) is 5.26 Å². The maximum absolute atomic E-state index is 9.64. The van der Waals surface area contributed by atoms with Crippen LogP contribution in [-0.2, 0) is 4.74 Å². The molecule has 1 fully saturated rings. The molecule has 0 aromatic rings. The largest absolute Gasteiger partial charge is 0.383 e. The molecule has 0 amide bonds. The van der Waals surface area contributed by atoms with Gasteiger partial charge in [0, 0.05) is 31.8 Å². The fourth-order valence-electron chi connectivity index (χ4n) is 3.74. The number of nitriles is 1. The van der Waals surface area contributed by atoms with Gasteiger partial charge in [-0.1, -0.05) is 13.8 Å². The highest BCUT2D eigenvalue weighted by Gasteiger charge is 2.42. The van der Waals surface area contributed by atoms with Crippen molar-refractivity contribution in [3.8, 4) is 6.07 Å². The molecule has 0 aromatic carbocycles. The fourth-order valence-corrected chi connectivity index (χ4v) is 3.74. The quantitative estimate of drug-likeness (QED) is 0.710. The van der Waals surface area contributed by atoms with Gasteiger partial charge in [0.05, 0.1) is 12.7 Å². The van der Waals surface area contributed by atoms with E-state index in [1.165, 1.54) is 0 Å². The summed E-state index contributed by atoms with van der Waals surface area (Å²) in [6, 6.07) is 4.00.